The van der Waals surface area contributed by atoms with Crippen LogP contribution in [0.4, 0.5) is 0 Å². The number of carbonyl (C=O) groups excluding carboxylic acids is 2. The summed E-state index contributed by atoms with van der Waals surface area (Å²) >= 11 is 0. The van der Waals surface area contributed by atoms with Crippen LogP contribution in [0.2, 0.25) is 0 Å². The largest absolute Gasteiger partial charge is 0.298 e. The number of hydrogen-bond acceptors (Lipinski definition) is 3. The minimum absolute atomic E-state index is 0.0808. The Bertz CT molecular complexity index is 241. The molecule has 1 heterocycles. The average Bonchev–Trinajstić information content (AvgIpc) is 2.23. The van der Waals surface area contributed by atoms with Gasteiger partial charge in [0, 0.05) is 6.54 Å². The first kappa shape index (κ1) is 12.2. The summed E-state index contributed by atoms with van der Waals surface area (Å²) < 4.78 is 0. The third kappa shape index (κ3) is 3.30. The second kappa shape index (κ2) is 5.85. The van der Waals surface area contributed by atoms with E-state index < -0.39 is 0 Å². The molecule has 1 atom stereocenters. The van der Waals surface area contributed by atoms with E-state index in [1.807, 2.05) is 0 Å². The lowest BCUT2D eigenvalue weighted by Crippen LogP contribution is -2.57. The van der Waals surface area contributed by atoms with E-state index in [4.69, 9.17) is 0 Å². The molecule has 1 rings (SSSR count). The van der Waals surface area contributed by atoms with Crippen LogP contribution in [0.25, 0.3) is 0 Å². The topological polar surface area (TPSA) is 49.4 Å². The SMILES string of the molecule is CCCCCCN1C(=O)CNC(C)C1=O. The summed E-state index contributed by atoms with van der Waals surface area (Å²) in [6.45, 7) is 4.82. The third-order valence-electron chi connectivity index (χ3n) is 2.73. The first-order chi connectivity index (χ1) is 7.16. The second-order valence-electron chi connectivity index (χ2n) is 4.05. The van der Waals surface area contributed by atoms with Gasteiger partial charge in [-0.05, 0) is 13.3 Å². The fourth-order valence-electron chi connectivity index (χ4n) is 1.71. The zero-order chi connectivity index (χ0) is 11.3. The van der Waals surface area contributed by atoms with E-state index >= 15 is 0 Å². The number of nitrogens with zero attached hydrogens (tertiary/aromatic N) is 1. The number of hydrogen-bond donors (Lipinski definition) is 1. The number of rotatable bonds is 5. The van der Waals surface area contributed by atoms with Gasteiger partial charge in [-0.25, -0.2) is 0 Å². The molecule has 0 spiro atoms. The molecular formula is C11H20N2O2. The molecule has 1 N–H and O–H groups in total. The Kier molecular flexibility index (Phi) is 4.75. The van der Waals surface area contributed by atoms with Gasteiger partial charge in [0.2, 0.25) is 11.8 Å². The Balaban J connectivity index is 2.36. The molecule has 1 aliphatic heterocycles. The lowest BCUT2D eigenvalue weighted by molar-refractivity contribution is -0.148. The van der Waals surface area contributed by atoms with Crippen LogP contribution in [0, 0.1) is 0 Å². The van der Waals surface area contributed by atoms with Gasteiger partial charge in [-0.15, -0.1) is 0 Å². The van der Waals surface area contributed by atoms with Gasteiger partial charge in [0.25, 0.3) is 0 Å². The minimum Gasteiger partial charge on any atom is -0.298 e. The van der Waals surface area contributed by atoms with Gasteiger partial charge < -0.3 is 0 Å². The normalized spacial score (nSPS) is 22.3. The van der Waals surface area contributed by atoms with Crippen molar-refractivity contribution in [1.29, 1.82) is 0 Å². The van der Waals surface area contributed by atoms with Crippen LogP contribution in [-0.4, -0.2) is 35.8 Å². The highest BCUT2D eigenvalue weighted by molar-refractivity contribution is 6.00. The molecule has 4 nitrogen and oxygen atoms in total. The molecule has 1 aliphatic rings. The van der Waals surface area contributed by atoms with Crippen LogP contribution in [-0.2, 0) is 9.59 Å². The summed E-state index contributed by atoms with van der Waals surface area (Å²) in [5, 5.41) is 2.87. The monoisotopic (exact) mass is 212 g/mol. The summed E-state index contributed by atoms with van der Waals surface area (Å²) in [4.78, 5) is 24.5. The summed E-state index contributed by atoms with van der Waals surface area (Å²) in [6, 6.07) is -0.214. The number of nitrogens with one attached hydrogen (secondary N) is 1. The van der Waals surface area contributed by atoms with E-state index in [2.05, 4.69) is 12.2 Å². The first-order valence-corrected chi connectivity index (χ1v) is 5.74. The van der Waals surface area contributed by atoms with E-state index in [-0.39, 0.29) is 17.9 Å². The fourth-order valence-corrected chi connectivity index (χ4v) is 1.71. The quantitative estimate of drug-likeness (QED) is 0.544. The number of imide groups is 1. The average molecular weight is 212 g/mol. The molecule has 2 amide bonds. The van der Waals surface area contributed by atoms with E-state index in [0.29, 0.717) is 13.1 Å². The van der Waals surface area contributed by atoms with Crippen molar-refractivity contribution < 1.29 is 9.59 Å². The maximum absolute atomic E-state index is 11.6. The number of carbonyl (C=O) groups is 2. The van der Waals surface area contributed by atoms with Gasteiger partial charge in [0.1, 0.15) is 0 Å². The molecule has 86 valence electrons. The smallest absolute Gasteiger partial charge is 0.246 e. The number of unbranched alkanes of at least 4 members (excludes halogenated alkanes) is 3. The lowest BCUT2D eigenvalue weighted by atomic mass is 10.1. The fraction of sp³-hybridized carbons (Fsp3) is 0.818. The van der Waals surface area contributed by atoms with Crippen molar-refractivity contribution in [2.24, 2.45) is 0 Å². The molecule has 0 aromatic rings. The molecular weight excluding hydrogens is 192 g/mol. The maximum atomic E-state index is 11.6. The summed E-state index contributed by atoms with van der Waals surface area (Å²) in [5.74, 6) is -0.169. The van der Waals surface area contributed by atoms with Gasteiger partial charge in [-0.2, -0.15) is 0 Å². The van der Waals surface area contributed by atoms with Crippen LogP contribution in [0.5, 0.6) is 0 Å². The molecule has 1 unspecified atom stereocenters. The highest BCUT2D eigenvalue weighted by atomic mass is 16.2. The minimum atomic E-state index is -0.214. The molecule has 15 heavy (non-hydrogen) atoms. The van der Waals surface area contributed by atoms with Gasteiger partial charge in [0.05, 0.1) is 12.6 Å². The molecule has 0 aliphatic carbocycles. The molecule has 0 bridgehead atoms. The summed E-state index contributed by atoms with van der Waals surface area (Å²) in [6.07, 6.45) is 4.36. The standard InChI is InChI=1S/C11H20N2O2/c1-3-4-5-6-7-13-10(14)8-12-9(2)11(13)15/h9,12H,3-8H2,1-2H3. The number of piperazine rings is 1. The van der Waals surface area contributed by atoms with Gasteiger partial charge in [-0.3, -0.25) is 19.8 Å². The van der Waals surface area contributed by atoms with Gasteiger partial charge in [0.15, 0.2) is 0 Å². The van der Waals surface area contributed by atoms with E-state index in [1.54, 1.807) is 6.92 Å². The number of amides is 2. The Hall–Kier alpha value is -0.900. The third-order valence-corrected chi connectivity index (χ3v) is 2.73. The lowest BCUT2D eigenvalue weighted by Gasteiger charge is -2.29. The van der Waals surface area contributed by atoms with Crippen LogP contribution in [0.15, 0.2) is 0 Å². The maximum Gasteiger partial charge on any atom is 0.246 e. The van der Waals surface area contributed by atoms with Crippen molar-refractivity contribution >= 4 is 11.8 Å². The van der Waals surface area contributed by atoms with E-state index in [0.717, 1.165) is 12.8 Å². The van der Waals surface area contributed by atoms with Crippen molar-refractivity contribution in [2.75, 3.05) is 13.1 Å². The predicted octanol–water partition coefficient (Wildman–Crippen LogP) is 0.914. The molecule has 0 aromatic carbocycles. The molecule has 1 fully saturated rings. The second-order valence-corrected chi connectivity index (χ2v) is 4.05. The molecule has 0 aromatic heterocycles. The van der Waals surface area contributed by atoms with Crippen LogP contribution < -0.4 is 5.32 Å². The zero-order valence-corrected chi connectivity index (χ0v) is 9.58. The molecule has 1 saturated heterocycles. The van der Waals surface area contributed by atoms with Crippen molar-refractivity contribution in [3.63, 3.8) is 0 Å². The summed E-state index contributed by atoms with van der Waals surface area (Å²) in [7, 11) is 0. The predicted molar refractivity (Wildman–Crippen MR) is 58.3 cm³/mol. The van der Waals surface area contributed by atoms with Crippen molar-refractivity contribution in [1.82, 2.24) is 10.2 Å². The Morgan fingerprint density at radius 3 is 2.73 bits per heavy atom. The van der Waals surface area contributed by atoms with Gasteiger partial charge in [-0.1, -0.05) is 26.2 Å². The Morgan fingerprint density at radius 1 is 1.33 bits per heavy atom. The Morgan fingerprint density at radius 2 is 2.07 bits per heavy atom. The van der Waals surface area contributed by atoms with E-state index in [9.17, 15) is 9.59 Å². The zero-order valence-electron chi connectivity index (χ0n) is 9.58. The van der Waals surface area contributed by atoms with Crippen LogP contribution in [0.1, 0.15) is 39.5 Å². The molecule has 0 saturated carbocycles. The van der Waals surface area contributed by atoms with Gasteiger partial charge >= 0.3 is 0 Å². The highest BCUT2D eigenvalue weighted by Gasteiger charge is 2.30. The van der Waals surface area contributed by atoms with E-state index in [1.165, 1.54) is 17.7 Å². The van der Waals surface area contributed by atoms with Crippen LogP contribution >= 0.6 is 0 Å². The van der Waals surface area contributed by atoms with Crippen molar-refractivity contribution in [2.45, 2.75) is 45.6 Å². The van der Waals surface area contributed by atoms with Crippen LogP contribution in [0.3, 0.4) is 0 Å². The molecule has 4 heteroatoms. The Labute approximate surface area is 91.0 Å². The first-order valence-electron chi connectivity index (χ1n) is 5.74. The van der Waals surface area contributed by atoms with Crippen molar-refractivity contribution in [3.8, 4) is 0 Å². The highest BCUT2D eigenvalue weighted by Crippen LogP contribution is 2.06. The van der Waals surface area contributed by atoms with Crippen molar-refractivity contribution in [3.05, 3.63) is 0 Å². The molecule has 0 radical (unpaired) electrons. The summed E-state index contributed by atoms with van der Waals surface area (Å²) in [5.41, 5.74) is 0.